The lowest BCUT2D eigenvalue weighted by Crippen LogP contribution is -2.47. The van der Waals surface area contributed by atoms with Gasteiger partial charge in [-0.2, -0.15) is 4.31 Å². The van der Waals surface area contributed by atoms with Gasteiger partial charge in [-0.25, -0.2) is 21.1 Å². The van der Waals surface area contributed by atoms with Gasteiger partial charge in [0.15, 0.2) is 5.79 Å². The lowest BCUT2D eigenvalue weighted by atomic mass is 9.95. The van der Waals surface area contributed by atoms with Crippen LogP contribution in [0.25, 0.3) is 0 Å². The summed E-state index contributed by atoms with van der Waals surface area (Å²) in [6.45, 7) is 4.74. The molecule has 0 N–H and O–H groups in total. The number of carbonyl (C=O) groups is 1. The number of rotatable bonds is 3. The molecule has 3 saturated heterocycles. The van der Waals surface area contributed by atoms with E-state index in [0.717, 1.165) is 4.31 Å². The van der Waals surface area contributed by atoms with E-state index in [-0.39, 0.29) is 29.4 Å². The zero-order valence-electron chi connectivity index (χ0n) is 16.3. The van der Waals surface area contributed by atoms with Gasteiger partial charge in [0.05, 0.1) is 35.0 Å². The summed E-state index contributed by atoms with van der Waals surface area (Å²) < 4.78 is 64.1. The van der Waals surface area contributed by atoms with Crippen molar-refractivity contribution < 1.29 is 31.1 Å². The number of piperidine rings is 1. The molecule has 3 fully saturated rings. The normalized spacial score (nSPS) is 26.3. The van der Waals surface area contributed by atoms with Gasteiger partial charge in [0, 0.05) is 25.9 Å². The molecule has 3 aliphatic heterocycles. The maximum absolute atomic E-state index is 13.0. The number of ether oxygens (including phenoxy) is 2. The van der Waals surface area contributed by atoms with E-state index >= 15 is 0 Å². The Morgan fingerprint density at radius 3 is 2.03 bits per heavy atom. The van der Waals surface area contributed by atoms with Crippen molar-refractivity contribution in [2.45, 2.75) is 37.4 Å². The standard InChI is InChI=1S/C18H24N2O7S2/c1-17(2)13-28(22,23)20(16(17)21)14-3-5-15(6-4-14)29(24,25)19-9-7-18(8-10-19)26-11-12-27-18/h3-6H,7-13H2,1-2H3. The second-order valence-corrected chi connectivity index (χ2v) is 12.0. The molecule has 160 valence electrons. The number of amides is 1. The van der Waals surface area contributed by atoms with Crippen LogP contribution in [0.4, 0.5) is 5.69 Å². The van der Waals surface area contributed by atoms with Gasteiger partial charge >= 0.3 is 0 Å². The summed E-state index contributed by atoms with van der Waals surface area (Å²) >= 11 is 0. The van der Waals surface area contributed by atoms with Crippen molar-refractivity contribution in [2.24, 2.45) is 5.41 Å². The van der Waals surface area contributed by atoms with Crippen LogP contribution >= 0.6 is 0 Å². The molecule has 0 unspecified atom stereocenters. The quantitative estimate of drug-likeness (QED) is 0.682. The van der Waals surface area contributed by atoms with Gasteiger partial charge in [-0.15, -0.1) is 0 Å². The molecular formula is C18H24N2O7S2. The maximum Gasteiger partial charge on any atom is 0.247 e. The Balaban J connectivity index is 1.54. The van der Waals surface area contributed by atoms with E-state index in [0.29, 0.717) is 26.1 Å². The Morgan fingerprint density at radius 1 is 1.00 bits per heavy atom. The number of benzene rings is 1. The molecule has 29 heavy (non-hydrogen) atoms. The van der Waals surface area contributed by atoms with Crippen molar-refractivity contribution >= 4 is 31.6 Å². The van der Waals surface area contributed by atoms with E-state index in [9.17, 15) is 21.6 Å². The first-order valence-electron chi connectivity index (χ1n) is 9.43. The molecule has 0 saturated carbocycles. The van der Waals surface area contributed by atoms with Crippen LogP contribution in [0.1, 0.15) is 26.7 Å². The minimum Gasteiger partial charge on any atom is -0.347 e. The highest BCUT2D eigenvalue weighted by atomic mass is 32.2. The molecule has 1 amide bonds. The molecule has 1 spiro atoms. The summed E-state index contributed by atoms with van der Waals surface area (Å²) in [6, 6.07) is 5.40. The lowest BCUT2D eigenvalue weighted by Gasteiger charge is -2.36. The SMILES string of the molecule is CC1(C)CS(=O)(=O)N(c2ccc(S(=O)(=O)N3CCC4(CC3)OCCO4)cc2)C1=O. The van der Waals surface area contributed by atoms with Crippen molar-refractivity contribution in [3.05, 3.63) is 24.3 Å². The van der Waals surface area contributed by atoms with Gasteiger partial charge in [0.25, 0.3) is 0 Å². The fourth-order valence-corrected chi connectivity index (χ4v) is 7.57. The van der Waals surface area contributed by atoms with Crippen LogP contribution in [0.15, 0.2) is 29.2 Å². The third-order valence-corrected chi connectivity index (χ3v) is 9.52. The van der Waals surface area contributed by atoms with Crippen molar-refractivity contribution in [3.63, 3.8) is 0 Å². The Morgan fingerprint density at radius 2 is 1.55 bits per heavy atom. The lowest BCUT2D eigenvalue weighted by molar-refractivity contribution is -0.179. The topological polar surface area (TPSA) is 110 Å². The summed E-state index contributed by atoms with van der Waals surface area (Å²) in [5.41, 5.74) is -0.873. The average Bonchev–Trinajstić information content (AvgIpc) is 3.15. The summed E-state index contributed by atoms with van der Waals surface area (Å²) in [4.78, 5) is 12.5. The first-order valence-corrected chi connectivity index (χ1v) is 12.5. The van der Waals surface area contributed by atoms with E-state index in [4.69, 9.17) is 9.47 Å². The highest BCUT2D eigenvalue weighted by Crippen LogP contribution is 2.37. The summed E-state index contributed by atoms with van der Waals surface area (Å²) in [5.74, 6) is -1.47. The van der Waals surface area contributed by atoms with Gasteiger partial charge in [0.2, 0.25) is 26.0 Å². The van der Waals surface area contributed by atoms with Crippen LogP contribution in [0, 0.1) is 5.41 Å². The number of nitrogens with zero attached hydrogens (tertiary/aromatic N) is 2. The van der Waals surface area contributed by atoms with Gasteiger partial charge in [0.1, 0.15) is 0 Å². The van der Waals surface area contributed by atoms with Crippen LogP contribution in [0.2, 0.25) is 0 Å². The molecule has 0 aromatic heterocycles. The van der Waals surface area contributed by atoms with Gasteiger partial charge < -0.3 is 9.47 Å². The molecule has 0 aliphatic carbocycles. The second kappa shape index (κ2) is 6.74. The minimum atomic E-state index is -3.78. The molecule has 3 aliphatic rings. The smallest absolute Gasteiger partial charge is 0.247 e. The van der Waals surface area contributed by atoms with E-state index in [1.807, 2.05) is 0 Å². The first-order chi connectivity index (χ1) is 13.5. The molecule has 0 bridgehead atoms. The van der Waals surface area contributed by atoms with Crippen LogP contribution in [0.5, 0.6) is 0 Å². The number of hydrogen-bond donors (Lipinski definition) is 0. The monoisotopic (exact) mass is 444 g/mol. The number of hydrogen-bond acceptors (Lipinski definition) is 7. The molecule has 11 heteroatoms. The zero-order chi connectivity index (χ0) is 21.1. The Labute approximate surface area is 170 Å². The van der Waals surface area contributed by atoms with Crippen molar-refractivity contribution in [1.29, 1.82) is 0 Å². The first kappa shape index (κ1) is 20.7. The van der Waals surface area contributed by atoms with Crippen molar-refractivity contribution in [3.8, 4) is 0 Å². The Kier molecular flexibility index (Phi) is 4.82. The fourth-order valence-electron chi connectivity index (χ4n) is 4.02. The van der Waals surface area contributed by atoms with Gasteiger partial charge in [-0.3, -0.25) is 4.79 Å². The number of anilines is 1. The number of carbonyl (C=O) groups excluding carboxylic acids is 1. The van der Waals surface area contributed by atoms with Gasteiger partial charge in [-0.1, -0.05) is 0 Å². The number of sulfonamides is 2. The average molecular weight is 445 g/mol. The van der Waals surface area contributed by atoms with Crippen LogP contribution < -0.4 is 4.31 Å². The van der Waals surface area contributed by atoms with Crippen molar-refractivity contribution in [2.75, 3.05) is 36.4 Å². The third-order valence-electron chi connectivity index (χ3n) is 5.59. The largest absolute Gasteiger partial charge is 0.347 e. The molecular weight excluding hydrogens is 420 g/mol. The molecule has 3 heterocycles. The highest BCUT2D eigenvalue weighted by molar-refractivity contribution is 7.94. The van der Waals surface area contributed by atoms with Crippen molar-refractivity contribution in [1.82, 2.24) is 4.31 Å². The zero-order valence-corrected chi connectivity index (χ0v) is 18.0. The minimum absolute atomic E-state index is 0.0498. The van der Waals surface area contributed by atoms with Gasteiger partial charge in [-0.05, 0) is 38.1 Å². The molecule has 4 rings (SSSR count). The van der Waals surface area contributed by atoms with E-state index in [1.54, 1.807) is 13.8 Å². The molecule has 0 radical (unpaired) electrons. The van der Waals surface area contributed by atoms with E-state index in [2.05, 4.69) is 0 Å². The predicted octanol–water partition coefficient (Wildman–Crippen LogP) is 0.917. The Bertz CT molecular complexity index is 1020. The highest BCUT2D eigenvalue weighted by Gasteiger charge is 2.50. The van der Waals surface area contributed by atoms with E-state index in [1.165, 1.54) is 28.6 Å². The van der Waals surface area contributed by atoms with Crippen LogP contribution in [-0.4, -0.2) is 64.9 Å². The third kappa shape index (κ3) is 3.48. The molecule has 1 aromatic carbocycles. The van der Waals surface area contributed by atoms with E-state index < -0.39 is 37.2 Å². The molecule has 9 nitrogen and oxygen atoms in total. The van der Waals surface area contributed by atoms with Crippen LogP contribution in [-0.2, 0) is 34.3 Å². The fraction of sp³-hybridized carbons (Fsp3) is 0.611. The molecule has 0 atom stereocenters. The summed E-state index contributed by atoms with van der Waals surface area (Å²) in [6.07, 6.45) is 0.917. The molecule has 1 aromatic rings. The Hall–Kier alpha value is -1.53. The maximum atomic E-state index is 13.0. The summed E-state index contributed by atoms with van der Waals surface area (Å²) in [7, 11) is -7.53. The van der Waals surface area contributed by atoms with Crippen LogP contribution in [0.3, 0.4) is 0 Å². The second-order valence-electron chi connectivity index (χ2n) is 8.22. The predicted molar refractivity (Wildman–Crippen MR) is 104 cm³/mol. The summed E-state index contributed by atoms with van der Waals surface area (Å²) in [5, 5.41) is 0.